The van der Waals surface area contributed by atoms with Gasteiger partial charge < -0.3 is 15.3 Å². The first-order valence-electron chi connectivity index (χ1n) is 8.70. The number of hydrogen-bond acceptors (Lipinski definition) is 3. The third kappa shape index (κ3) is 3.59. The van der Waals surface area contributed by atoms with Gasteiger partial charge in [0.2, 0.25) is 0 Å². The van der Waals surface area contributed by atoms with Gasteiger partial charge in [0.15, 0.2) is 0 Å². The van der Waals surface area contributed by atoms with Crippen LogP contribution in [0, 0.1) is 17.8 Å². The van der Waals surface area contributed by atoms with E-state index in [0.717, 1.165) is 50.6 Å². The molecule has 3 unspecified atom stereocenters. The van der Waals surface area contributed by atoms with Crippen LogP contribution in [-0.4, -0.2) is 47.7 Å². The monoisotopic (exact) mass is 296 g/mol. The Morgan fingerprint density at radius 3 is 2.76 bits per heavy atom. The average Bonchev–Trinajstić information content (AvgIpc) is 3.04. The average molecular weight is 296 g/mol. The Labute approximate surface area is 129 Å². The van der Waals surface area contributed by atoms with Crippen molar-refractivity contribution in [3.05, 3.63) is 0 Å². The molecule has 4 heteroatoms. The first-order chi connectivity index (χ1) is 9.99. The van der Waals surface area contributed by atoms with Crippen molar-refractivity contribution in [1.29, 1.82) is 0 Å². The van der Waals surface area contributed by atoms with Crippen LogP contribution in [-0.2, 0) is 4.79 Å². The second-order valence-electron chi connectivity index (χ2n) is 7.28. The summed E-state index contributed by atoms with van der Waals surface area (Å²) in [5.74, 6) is 1.23. The van der Waals surface area contributed by atoms with Gasteiger partial charge in [-0.15, -0.1) is 0 Å². The summed E-state index contributed by atoms with van der Waals surface area (Å²) in [5.41, 5.74) is -0.661. The summed E-state index contributed by atoms with van der Waals surface area (Å²) in [6.45, 7) is 10.8. The molecule has 21 heavy (non-hydrogen) atoms. The topological polar surface area (TPSA) is 52.6 Å². The fourth-order valence-electron chi connectivity index (χ4n) is 4.32. The van der Waals surface area contributed by atoms with E-state index < -0.39 is 11.5 Å². The van der Waals surface area contributed by atoms with Crippen LogP contribution in [0.1, 0.15) is 52.9 Å². The number of carboxylic acid groups (broad SMARTS) is 1. The summed E-state index contributed by atoms with van der Waals surface area (Å²) >= 11 is 0. The SMILES string of the molecule is CCNC1(C(=O)O)CCCC1CCN1CCC(C(C)C)C1. The number of nitrogens with zero attached hydrogens (tertiary/aromatic N) is 1. The molecule has 2 fully saturated rings. The maximum atomic E-state index is 11.8. The van der Waals surface area contributed by atoms with Gasteiger partial charge >= 0.3 is 5.97 Å². The highest BCUT2D eigenvalue weighted by Crippen LogP contribution is 2.38. The predicted octanol–water partition coefficient (Wildman–Crippen LogP) is 2.59. The van der Waals surface area contributed by atoms with Crippen molar-refractivity contribution in [2.24, 2.45) is 17.8 Å². The number of likely N-dealkylation sites (N-methyl/N-ethyl adjacent to an activating group) is 1. The third-order valence-electron chi connectivity index (χ3n) is 5.74. The highest BCUT2D eigenvalue weighted by atomic mass is 16.4. The molecule has 0 aromatic carbocycles. The Bertz CT molecular complexity index is 359. The van der Waals surface area contributed by atoms with E-state index in [2.05, 4.69) is 24.1 Å². The summed E-state index contributed by atoms with van der Waals surface area (Å²) in [4.78, 5) is 14.3. The summed E-state index contributed by atoms with van der Waals surface area (Å²) in [6, 6.07) is 0. The number of carboxylic acids is 1. The molecule has 3 atom stereocenters. The first kappa shape index (κ1) is 16.8. The highest BCUT2D eigenvalue weighted by molar-refractivity contribution is 5.79. The standard InChI is InChI=1S/C17H32N2O2/c1-4-18-17(16(20)21)9-5-6-15(17)8-11-19-10-7-14(12-19)13(2)3/h13-15,18H,4-12H2,1-3H3,(H,20,21). The van der Waals surface area contributed by atoms with E-state index in [4.69, 9.17) is 0 Å². The van der Waals surface area contributed by atoms with E-state index in [1.165, 1.54) is 19.5 Å². The minimum Gasteiger partial charge on any atom is -0.480 e. The molecular formula is C17H32N2O2. The van der Waals surface area contributed by atoms with Crippen LogP contribution in [0.2, 0.25) is 0 Å². The van der Waals surface area contributed by atoms with Crippen molar-refractivity contribution in [2.75, 3.05) is 26.2 Å². The van der Waals surface area contributed by atoms with Crippen LogP contribution in [0.3, 0.4) is 0 Å². The molecule has 4 nitrogen and oxygen atoms in total. The summed E-state index contributed by atoms with van der Waals surface area (Å²) in [5, 5.41) is 13.0. The van der Waals surface area contributed by atoms with E-state index in [1.54, 1.807) is 0 Å². The van der Waals surface area contributed by atoms with Crippen LogP contribution in [0.25, 0.3) is 0 Å². The molecule has 0 aromatic rings. The fourth-order valence-corrected chi connectivity index (χ4v) is 4.32. The molecule has 2 N–H and O–H groups in total. The van der Waals surface area contributed by atoms with Crippen LogP contribution in [0.5, 0.6) is 0 Å². The number of rotatable bonds is 7. The lowest BCUT2D eigenvalue weighted by Crippen LogP contribution is -2.55. The second kappa shape index (κ2) is 7.10. The molecule has 1 heterocycles. The largest absolute Gasteiger partial charge is 0.480 e. The van der Waals surface area contributed by atoms with Crippen molar-refractivity contribution in [2.45, 2.75) is 58.4 Å². The van der Waals surface area contributed by atoms with E-state index in [0.29, 0.717) is 0 Å². The van der Waals surface area contributed by atoms with Gasteiger partial charge in [-0.05, 0) is 63.1 Å². The summed E-state index contributed by atoms with van der Waals surface area (Å²) < 4.78 is 0. The Morgan fingerprint density at radius 1 is 1.43 bits per heavy atom. The first-order valence-corrected chi connectivity index (χ1v) is 8.70. The molecule has 1 saturated carbocycles. The Balaban J connectivity index is 1.88. The fraction of sp³-hybridized carbons (Fsp3) is 0.941. The molecule has 0 spiro atoms. The Kier molecular flexibility index (Phi) is 5.67. The lowest BCUT2D eigenvalue weighted by atomic mass is 9.84. The van der Waals surface area contributed by atoms with Gasteiger partial charge in [0.05, 0.1) is 0 Å². The zero-order valence-electron chi connectivity index (χ0n) is 13.9. The van der Waals surface area contributed by atoms with E-state index in [9.17, 15) is 9.90 Å². The van der Waals surface area contributed by atoms with Crippen molar-refractivity contribution in [3.63, 3.8) is 0 Å². The lowest BCUT2D eigenvalue weighted by molar-refractivity contribution is -0.146. The number of aliphatic carboxylic acids is 1. The van der Waals surface area contributed by atoms with E-state index in [-0.39, 0.29) is 5.92 Å². The van der Waals surface area contributed by atoms with Crippen LogP contribution in [0.15, 0.2) is 0 Å². The Hall–Kier alpha value is -0.610. The molecule has 122 valence electrons. The summed E-state index contributed by atoms with van der Waals surface area (Å²) in [7, 11) is 0. The quantitative estimate of drug-likeness (QED) is 0.758. The summed E-state index contributed by atoms with van der Waals surface area (Å²) in [6.07, 6.45) is 5.21. The zero-order chi connectivity index (χ0) is 15.5. The second-order valence-corrected chi connectivity index (χ2v) is 7.28. The number of hydrogen-bond donors (Lipinski definition) is 2. The van der Waals surface area contributed by atoms with Gasteiger partial charge in [-0.2, -0.15) is 0 Å². The molecule has 0 radical (unpaired) electrons. The molecule has 0 amide bonds. The van der Waals surface area contributed by atoms with Gasteiger partial charge in [-0.25, -0.2) is 0 Å². The Morgan fingerprint density at radius 2 is 2.19 bits per heavy atom. The molecule has 0 bridgehead atoms. The smallest absolute Gasteiger partial charge is 0.324 e. The molecular weight excluding hydrogens is 264 g/mol. The zero-order valence-corrected chi connectivity index (χ0v) is 13.9. The predicted molar refractivity (Wildman–Crippen MR) is 85.4 cm³/mol. The normalized spacial score (nSPS) is 33.9. The minimum absolute atomic E-state index is 0.285. The molecule has 0 aromatic heterocycles. The van der Waals surface area contributed by atoms with Crippen LogP contribution in [0.4, 0.5) is 0 Å². The molecule has 1 aliphatic carbocycles. The van der Waals surface area contributed by atoms with Gasteiger partial charge in [0, 0.05) is 6.54 Å². The molecule has 1 aliphatic heterocycles. The number of carbonyl (C=O) groups is 1. The van der Waals surface area contributed by atoms with Crippen molar-refractivity contribution >= 4 is 5.97 Å². The van der Waals surface area contributed by atoms with Crippen molar-refractivity contribution < 1.29 is 9.90 Å². The molecule has 2 aliphatic rings. The third-order valence-corrected chi connectivity index (χ3v) is 5.74. The number of nitrogens with one attached hydrogen (secondary N) is 1. The van der Waals surface area contributed by atoms with E-state index in [1.807, 2.05) is 6.92 Å². The van der Waals surface area contributed by atoms with Gasteiger partial charge in [0.1, 0.15) is 5.54 Å². The van der Waals surface area contributed by atoms with Crippen molar-refractivity contribution in [1.82, 2.24) is 10.2 Å². The van der Waals surface area contributed by atoms with Gasteiger partial charge in [-0.1, -0.05) is 27.2 Å². The van der Waals surface area contributed by atoms with Crippen molar-refractivity contribution in [3.8, 4) is 0 Å². The minimum atomic E-state index is -0.661. The maximum absolute atomic E-state index is 11.8. The van der Waals surface area contributed by atoms with Gasteiger partial charge in [0.25, 0.3) is 0 Å². The van der Waals surface area contributed by atoms with E-state index >= 15 is 0 Å². The highest BCUT2D eigenvalue weighted by Gasteiger charge is 2.48. The maximum Gasteiger partial charge on any atom is 0.324 e. The molecule has 1 saturated heterocycles. The van der Waals surface area contributed by atoms with Crippen LogP contribution < -0.4 is 5.32 Å². The lowest BCUT2D eigenvalue weighted by Gasteiger charge is -2.33. The molecule has 2 rings (SSSR count). The van der Waals surface area contributed by atoms with Gasteiger partial charge in [-0.3, -0.25) is 4.79 Å². The van der Waals surface area contributed by atoms with Crippen LogP contribution >= 0.6 is 0 Å². The number of likely N-dealkylation sites (tertiary alicyclic amines) is 1.